The topological polar surface area (TPSA) is 37.3 Å². The van der Waals surface area contributed by atoms with E-state index in [1.54, 1.807) is 0 Å². The Labute approximate surface area is 93.9 Å². The molecule has 1 aliphatic rings. The van der Waals surface area contributed by atoms with Crippen LogP contribution in [0.2, 0.25) is 5.02 Å². The lowest BCUT2D eigenvalue weighted by Crippen LogP contribution is -2.39. The Bertz CT molecular complexity index is 383. The molecule has 0 heterocycles. The molecule has 1 aromatic rings. The molecule has 1 saturated carbocycles. The van der Waals surface area contributed by atoms with Crippen molar-refractivity contribution in [3.8, 4) is 0 Å². The lowest BCUT2D eigenvalue weighted by Gasteiger charge is -2.37. The van der Waals surface area contributed by atoms with E-state index in [4.69, 9.17) is 11.6 Å². The molecule has 1 aromatic carbocycles. The highest BCUT2D eigenvalue weighted by atomic mass is 35.5. The fourth-order valence-corrected chi connectivity index (χ4v) is 2.28. The van der Waals surface area contributed by atoms with Crippen LogP contribution in [0, 0.1) is 5.41 Å². The van der Waals surface area contributed by atoms with Gasteiger partial charge in [0.15, 0.2) is 0 Å². The van der Waals surface area contributed by atoms with Crippen LogP contribution in [-0.2, 0) is 11.2 Å². The molecule has 1 fully saturated rings. The van der Waals surface area contributed by atoms with Crippen molar-refractivity contribution in [3.63, 3.8) is 0 Å². The monoisotopic (exact) mass is 224 g/mol. The normalized spacial score (nSPS) is 18.2. The number of carbonyl (C=O) groups is 1. The Morgan fingerprint density at radius 2 is 2.07 bits per heavy atom. The van der Waals surface area contributed by atoms with Gasteiger partial charge in [-0.2, -0.15) is 0 Å². The molecule has 1 aliphatic carbocycles. The molecule has 0 aliphatic heterocycles. The number of carboxylic acid groups (broad SMARTS) is 1. The molecule has 80 valence electrons. The third-order valence-electron chi connectivity index (χ3n) is 3.25. The van der Waals surface area contributed by atoms with E-state index in [1.165, 1.54) is 0 Å². The van der Waals surface area contributed by atoms with Gasteiger partial charge in [0.2, 0.25) is 0 Å². The van der Waals surface area contributed by atoms with Crippen molar-refractivity contribution in [2.75, 3.05) is 0 Å². The molecule has 2 nitrogen and oxygen atoms in total. The SMILES string of the molecule is O=C(O)C1(Cc2ccccc2Cl)CCC1. The van der Waals surface area contributed by atoms with E-state index in [0.717, 1.165) is 24.8 Å². The molecule has 3 heteroatoms. The van der Waals surface area contributed by atoms with Gasteiger partial charge in [0, 0.05) is 5.02 Å². The first-order chi connectivity index (χ1) is 7.14. The first-order valence-corrected chi connectivity index (χ1v) is 5.49. The van der Waals surface area contributed by atoms with Gasteiger partial charge >= 0.3 is 5.97 Å². The average Bonchev–Trinajstić information content (AvgIpc) is 2.13. The molecule has 15 heavy (non-hydrogen) atoms. The number of halogens is 1. The highest BCUT2D eigenvalue weighted by Crippen LogP contribution is 2.44. The summed E-state index contributed by atoms with van der Waals surface area (Å²) < 4.78 is 0. The Kier molecular flexibility index (Phi) is 2.70. The molecule has 0 amide bonds. The van der Waals surface area contributed by atoms with Gasteiger partial charge in [-0.3, -0.25) is 4.79 Å². The van der Waals surface area contributed by atoms with Crippen molar-refractivity contribution < 1.29 is 9.90 Å². The molecular formula is C12H13ClO2. The summed E-state index contributed by atoms with van der Waals surface area (Å²) >= 11 is 6.02. The van der Waals surface area contributed by atoms with E-state index in [2.05, 4.69) is 0 Å². The second-order valence-corrected chi connectivity index (χ2v) is 4.61. The molecule has 0 spiro atoms. The zero-order valence-electron chi connectivity index (χ0n) is 8.37. The van der Waals surface area contributed by atoms with Crippen molar-refractivity contribution in [1.82, 2.24) is 0 Å². The van der Waals surface area contributed by atoms with Gasteiger partial charge in [-0.15, -0.1) is 0 Å². The number of hydrogen-bond acceptors (Lipinski definition) is 1. The number of rotatable bonds is 3. The molecule has 2 rings (SSSR count). The molecule has 0 saturated heterocycles. The largest absolute Gasteiger partial charge is 0.481 e. The maximum Gasteiger partial charge on any atom is 0.309 e. The molecule has 0 bridgehead atoms. The quantitative estimate of drug-likeness (QED) is 0.857. The Morgan fingerprint density at radius 1 is 1.40 bits per heavy atom. The summed E-state index contributed by atoms with van der Waals surface area (Å²) in [5.74, 6) is -0.686. The molecule has 0 radical (unpaired) electrons. The molecule has 1 N–H and O–H groups in total. The van der Waals surface area contributed by atoms with Gasteiger partial charge in [-0.25, -0.2) is 0 Å². The molecular weight excluding hydrogens is 212 g/mol. The second-order valence-electron chi connectivity index (χ2n) is 4.21. The lowest BCUT2D eigenvalue weighted by molar-refractivity contribution is -0.154. The molecule has 0 unspecified atom stereocenters. The van der Waals surface area contributed by atoms with Crippen LogP contribution in [-0.4, -0.2) is 11.1 Å². The smallest absolute Gasteiger partial charge is 0.309 e. The van der Waals surface area contributed by atoms with Crippen molar-refractivity contribution in [3.05, 3.63) is 34.9 Å². The van der Waals surface area contributed by atoms with Crippen molar-refractivity contribution >= 4 is 17.6 Å². The van der Waals surface area contributed by atoms with Gasteiger partial charge in [0.05, 0.1) is 5.41 Å². The molecule has 0 aromatic heterocycles. The maximum atomic E-state index is 11.2. The van der Waals surface area contributed by atoms with E-state index in [9.17, 15) is 9.90 Å². The third-order valence-corrected chi connectivity index (χ3v) is 3.62. The number of carboxylic acids is 1. The number of hydrogen-bond donors (Lipinski definition) is 1. The van der Waals surface area contributed by atoms with Crippen molar-refractivity contribution in [1.29, 1.82) is 0 Å². The zero-order chi connectivity index (χ0) is 10.9. The summed E-state index contributed by atoms with van der Waals surface area (Å²) in [6.07, 6.45) is 3.11. The second kappa shape index (κ2) is 3.86. The summed E-state index contributed by atoms with van der Waals surface area (Å²) in [5.41, 5.74) is 0.395. The van der Waals surface area contributed by atoms with Crippen LogP contribution in [0.15, 0.2) is 24.3 Å². The fraction of sp³-hybridized carbons (Fsp3) is 0.417. The Balaban J connectivity index is 2.21. The van der Waals surface area contributed by atoms with E-state index in [0.29, 0.717) is 11.4 Å². The third kappa shape index (κ3) is 1.86. The fourth-order valence-electron chi connectivity index (χ4n) is 2.08. The van der Waals surface area contributed by atoms with Gasteiger partial charge in [0.25, 0.3) is 0 Å². The summed E-state index contributed by atoms with van der Waals surface area (Å²) in [6.45, 7) is 0. The van der Waals surface area contributed by atoms with E-state index in [1.807, 2.05) is 24.3 Å². The first-order valence-electron chi connectivity index (χ1n) is 5.11. The van der Waals surface area contributed by atoms with E-state index >= 15 is 0 Å². The minimum absolute atomic E-state index is 0.551. The first kappa shape index (κ1) is 10.5. The van der Waals surface area contributed by atoms with Crippen LogP contribution < -0.4 is 0 Å². The summed E-state index contributed by atoms with van der Waals surface area (Å²) in [7, 11) is 0. The van der Waals surface area contributed by atoms with Crippen LogP contribution >= 0.6 is 11.6 Å². The van der Waals surface area contributed by atoms with Crippen LogP contribution in [0.5, 0.6) is 0 Å². The Hall–Kier alpha value is -1.02. The maximum absolute atomic E-state index is 11.2. The Morgan fingerprint density at radius 3 is 2.53 bits per heavy atom. The van der Waals surface area contributed by atoms with Crippen LogP contribution in [0.25, 0.3) is 0 Å². The minimum atomic E-state index is -0.686. The molecule has 0 atom stereocenters. The van der Waals surface area contributed by atoms with Crippen molar-refractivity contribution in [2.45, 2.75) is 25.7 Å². The predicted octanol–water partition coefficient (Wildman–Crippen LogP) is 3.14. The number of benzene rings is 1. The summed E-state index contributed by atoms with van der Waals surface area (Å²) in [5, 5.41) is 9.86. The van der Waals surface area contributed by atoms with E-state index in [-0.39, 0.29) is 0 Å². The minimum Gasteiger partial charge on any atom is -0.481 e. The van der Waals surface area contributed by atoms with Gasteiger partial charge in [-0.1, -0.05) is 36.2 Å². The van der Waals surface area contributed by atoms with Gasteiger partial charge < -0.3 is 5.11 Å². The van der Waals surface area contributed by atoms with E-state index < -0.39 is 11.4 Å². The zero-order valence-corrected chi connectivity index (χ0v) is 9.13. The highest BCUT2D eigenvalue weighted by Gasteiger charge is 2.44. The van der Waals surface area contributed by atoms with Gasteiger partial charge in [0.1, 0.15) is 0 Å². The predicted molar refractivity (Wildman–Crippen MR) is 59.1 cm³/mol. The summed E-state index contributed by atoms with van der Waals surface area (Å²) in [4.78, 5) is 11.2. The lowest BCUT2D eigenvalue weighted by atomic mass is 9.65. The van der Waals surface area contributed by atoms with Crippen LogP contribution in [0.4, 0.5) is 0 Å². The highest BCUT2D eigenvalue weighted by molar-refractivity contribution is 6.31. The standard InChI is InChI=1S/C12H13ClO2/c13-10-5-2-1-4-9(10)8-12(11(14)15)6-3-7-12/h1-2,4-5H,3,6-8H2,(H,14,15). The van der Waals surface area contributed by atoms with Crippen LogP contribution in [0.1, 0.15) is 24.8 Å². The summed E-state index contributed by atoms with van der Waals surface area (Å²) in [6, 6.07) is 7.48. The van der Waals surface area contributed by atoms with Crippen molar-refractivity contribution in [2.24, 2.45) is 5.41 Å². The van der Waals surface area contributed by atoms with Crippen LogP contribution in [0.3, 0.4) is 0 Å². The average molecular weight is 225 g/mol. The number of aliphatic carboxylic acids is 1. The van der Waals surface area contributed by atoms with Gasteiger partial charge in [-0.05, 0) is 30.9 Å².